The van der Waals surface area contributed by atoms with Gasteiger partial charge in [-0.05, 0) is 17.3 Å². The van der Waals surface area contributed by atoms with Crippen molar-refractivity contribution in [2.45, 2.75) is 54.0 Å². The maximum atomic E-state index is 11.7. The molecule has 0 aromatic rings. The van der Waals surface area contributed by atoms with Crippen LogP contribution in [0.2, 0.25) is 0 Å². The van der Waals surface area contributed by atoms with Crippen molar-refractivity contribution in [3.63, 3.8) is 0 Å². The summed E-state index contributed by atoms with van der Waals surface area (Å²) in [5, 5.41) is 11.6. The molecule has 0 aromatic heterocycles. The molecule has 2 unspecified atom stereocenters. The summed E-state index contributed by atoms with van der Waals surface area (Å²) in [5.74, 6) is 0.431. The number of hydrogen-bond donors (Lipinski definition) is 1. The summed E-state index contributed by atoms with van der Waals surface area (Å²) in [7, 11) is 0. The van der Waals surface area contributed by atoms with Crippen LogP contribution in [0.15, 0.2) is 0 Å². The Morgan fingerprint density at radius 3 is 2.12 bits per heavy atom. The fourth-order valence-electron chi connectivity index (χ4n) is 1.16. The van der Waals surface area contributed by atoms with Gasteiger partial charge >= 0.3 is 0 Å². The Bertz CT molecular complexity index is 271. The minimum atomic E-state index is -0.375. The lowest BCUT2D eigenvalue weighted by atomic mass is 9.80. The molecule has 0 aliphatic rings. The Balaban J connectivity index is 4.25. The second kappa shape index (κ2) is 5.89. The van der Waals surface area contributed by atoms with E-state index in [0.717, 1.165) is 0 Å². The maximum absolute atomic E-state index is 11.7. The van der Waals surface area contributed by atoms with E-state index in [4.69, 9.17) is 5.26 Å². The van der Waals surface area contributed by atoms with E-state index >= 15 is 0 Å². The Kier molecular flexibility index (Phi) is 5.50. The fourth-order valence-corrected chi connectivity index (χ4v) is 1.16. The average Bonchev–Trinajstić information content (AvgIpc) is 2.11. The second-order valence-corrected chi connectivity index (χ2v) is 5.89. The number of carbonyl (C=O) groups excluding carboxylic acids is 1. The van der Waals surface area contributed by atoms with Crippen molar-refractivity contribution in [3.8, 4) is 6.07 Å². The van der Waals surface area contributed by atoms with Crippen LogP contribution in [0.25, 0.3) is 0 Å². The average molecular weight is 224 g/mol. The van der Waals surface area contributed by atoms with Crippen molar-refractivity contribution in [2.75, 3.05) is 0 Å². The van der Waals surface area contributed by atoms with E-state index in [0.29, 0.717) is 12.3 Å². The molecule has 2 atom stereocenters. The zero-order chi connectivity index (χ0) is 12.9. The molecule has 0 spiro atoms. The molecule has 0 aromatic carbocycles. The third kappa shape index (κ3) is 5.16. The molecule has 3 nitrogen and oxygen atoms in total. The molecule has 0 saturated heterocycles. The van der Waals surface area contributed by atoms with E-state index in [1.54, 1.807) is 0 Å². The van der Waals surface area contributed by atoms with Gasteiger partial charge in [-0.15, -0.1) is 0 Å². The van der Waals surface area contributed by atoms with Crippen molar-refractivity contribution in [1.29, 1.82) is 5.26 Å². The van der Waals surface area contributed by atoms with Crippen LogP contribution < -0.4 is 5.32 Å². The van der Waals surface area contributed by atoms with Crippen molar-refractivity contribution in [3.05, 3.63) is 0 Å². The highest BCUT2D eigenvalue weighted by molar-refractivity contribution is 5.76. The van der Waals surface area contributed by atoms with Crippen molar-refractivity contribution < 1.29 is 4.79 Å². The zero-order valence-electron chi connectivity index (χ0n) is 11.3. The molecule has 92 valence electrons. The molecule has 16 heavy (non-hydrogen) atoms. The lowest BCUT2D eigenvalue weighted by molar-refractivity contribution is -0.123. The van der Waals surface area contributed by atoms with E-state index in [9.17, 15) is 4.79 Å². The standard InChI is InChI=1S/C13H24N2O/c1-9(2)11(8-14)15-12(16)7-10(3)13(4,5)6/h9-11H,7H2,1-6H3,(H,15,16). The van der Waals surface area contributed by atoms with Crippen LogP contribution in [0.1, 0.15) is 48.0 Å². The number of rotatable bonds is 4. The Morgan fingerprint density at radius 1 is 1.31 bits per heavy atom. The number of nitrogens with one attached hydrogen (secondary N) is 1. The molecule has 1 N–H and O–H groups in total. The molecular weight excluding hydrogens is 200 g/mol. The van der Waals surface area contributed by atoms with Gasteiger partial charge in [0.2, 0.25) is 5.91 Å². The summed E-state index contributed by atoms with van der Waals surface area (Å²) in [6.07, 6.45) is 0.481. The highest BCUT2D eigenvalue weighted by Crippen LogP contribution is 2.27. The Labute approximate surface area is 99.2 Å². The van der Waals surface area contributed by atoms with Gasteiger partial charge in [0.1, 0.15) is 6.04 Å². The first-order valence-corrected chi connectivity index (χ1v) is 5.87. The zero-order valence-corrected chi connectivity index (χ0v) is 11.3. The first kappa shape index (κ1) is 15.0. The molecule has 1 amide bonds. The van der Waals surface area contributed by atoms with Gasteiger partial charge in [0.25, 0.3) is 0 Å². The summed E-state index contributed by atoms with van der Waals surface area (Å²) in [6, 6.07) is 1.74. The Hall–Kier alpha value is -1.04. The van der Waals surface area contributed by atoms with Gasteiger partial charge in [0, 0.05) is 6.42 Å². The minimum Gasteiger partial charge on any atom is -0.340 e. The van der Waals surface area contributed by atoms with Gasteiger partial charge in [0.05, 0.1) is 6.07 Å². The maximum Gasteiger partial charge on any atom is 0.221 e. The first-order valence-electron chi connectivity index (χ1n) is 5.87. The molecule has 0 fully saturated rings. The van der Waals surface area contributed by atoms with Gasteiger partial charge < -0.3 is 5.32 Å². The summed E-state index contributed by atoms with van der Waals surface area (Å²) in [6.45, 7) is 12.3. The van der Waals surface area contributed by atoms with Crippen LogP contribution in [-0.2, 0) is 4.79 Å². The van der Waals surface area contributed by atoms with Gasteiger partial charge in [-0.2, -0.15) is 5.26 Å². The summed E-state index contributed by atoms with van der Waals surface area (Å²) >= 11 is 0. The van der Waals surface area contributed by atoms with E-state index < -0.39 is 0 Å². The van der Waals surface area contributed by atoms with E-state index in [2.05, 4.69) is 39.1 Å². The van der Waals surface area contributed by atoms with Crippen LogP contribution in [0.4, 0.5) is 0 Å². The smallest absolute Gasteiger partial charge is 0.221 e. The Morgan fingerprint density at radius 2 is 1.81 bits per heavy atom. The number of carbonyl (C=O) groups is 1. The number of nitriles is 1. The molecule has 0 heterocycles. The van der Waals surface area contributed by atoms with E-state index in [1.807, 2.05) is 13.8 Å². The largest absolute Gasteiger partial charge is 0.340 e. The van der Waals surface area contributed by atoms with Gasteiger partial charge in [0.15, 0.2) is 0 Å². The summed E-state index contributed by atoms with van der Waals surface area (Å²) in [5.41, 5.74) is 0.122. The van der Waals surface area contributed by atoms with E-state index in [-0.39, 0.29) is 23.3 Å². The first-order chi connectivity index (χ1) is 7.18. The van der Waals surface area contributed by atoms with Crippen molar-refractivity contribution in [2.24, 2.45) is 17.3 Å². The number of nitrogens with zero attached hydrogens (tertiary/aromatic N) is 1. The van der Waals surface area contributed by atoms with E-state index in [1.165, 1.54) is 0 Å². The topological polar surface area (TPSA) is 52.9 Å². The normalized spacial score (nSPS) is 15.4. The van der Waals surface area contributed by atoms with Crippen molar-refractivity contribution in [1.82, 2.24) is 5.32 Å². The van der Waals surface area contributed by atoms with Gasteiger partial charge in [-0.25, -0.2) is 0 Å². The summed E-state index contributed by atoms with van der Waals surface area (Å²) < 4.78 is 0. The van der Waals surface area contributed by atoms with Crippen LogP contribution in [0.5, 0.6) is 0 Å². The number of hydrogen-bond acceptors (Lipinski definition) is 2. The lowest BCUT2D eigenvalue weighted by Gasteiger charge is -2.27. The molecule has 0 radical (unpaired) electrons. The van der Waals surface area contributed by atoms with Crippen LogP contribution in [-0.4, -0.2) is 11.9 Å². The van der Waals surface area contributed by atoms with Crippen LogP contribution >= 0.6 is 0 Å². The quantitative estimate of drug-likeness (QED) is 0.798. The van der Waals surface area contributed by atoms with Gasteiger partial charge in [-0.1, -0.05) is 41.5 Å². The predicted octanol–water partition coefficient (Wildman–Crippen LogP) is 2.72. The molecule has 3 heteroatoms. The van der Waals surface area contributed by atoms with Crippen LogP contribution in [0, 0.1) is 28.6 Å². The van der Waals surface area contributed by atoms with Crippen LogP contribution in [0.3, 0.4) is 0 Å². The van der Waals surface area contributed by atoms with Crippen molar-refractivity contribution >= 4 is 5.91 Å². The third-order valence-corrected chi connectivity index (χ3v) is 3.09. The molecule has 0 aliphatic heterocycles. The SMILES string of the molecule is CC(C)C(C#N)NC(=O)CC(C)C(C)(C)C. The predicted molar refractivity (Wildman–Crippen MR) is 65.6 cm³/mol. The molecule has 0 saturated carbocycles. The monoisotopic (exact) mass is 224 g/mol. The summed E-state index contributed by atoms with van der Waals surface area (Å²) in [4.78, 5) is 11.7. The second-order valence-electron chi connectivity index (χ2n) is 5.89. The molecule has 0 aliphatic carbocycles. The number of amides is 1. The van der Waals surface area contributed by atoms with Gasteiger partial charge in [-0.3, -0.25) is 4.79 Å². The minimum absolute atomic E-state index is 0.0253. The lowest BCUT2D eigenvalue weighted by Crippen LogP contribution is -2.39. The molecular formula is C13H24N2O. The highest BCUT2D eigenvalue weighted by Gasteiger charge is 2.24. The molecule has 0 bridgehead atoms. The molecule has 0 rings (SSSR count). The fraction of sp³-hybridized carbons (Fsp3) is 0.846. The highest BCUT2D eigenvalue weighted by atomic mass is 16.1. The third-order valence-electron chi connectivity index (χ3n) is 3.09.